The van der Waals surface area contributed by atoms with Gasteiger partial charge < -0.3 is 24.8 Å². The van der Waals surface area contributed by atoms with E-state index in [0.717, 1.165) is 30.7 Å². The topological polar surface area (TPSA) is 132 Å². The molecule has 0 radical (unpaired) electrons. The van der Waals surface area contributed by atoms with E-state index < -0.39 is 42.2 Å². The number of methoxy groups -OCH3 is 1. The highest BCUT2D eigenvalue weighted by Gasteiger charge is 2.43. The van der Waals surface area contributed by atoms with Gasteiger partial charge in [0.25, 0.3) is 5.91 Å². The van der Waals surface area contributed by atoms with Crippen molar-refractivity contribution in [3.05, 3.63) is 29.2 Å². The monoisotopic (exact) mass is 486 g/mol. The van der Waals surface area contributed by atoms with Crippen LogP contribution in [-0.4, -0.2) is 63.5 Å². The summed E-state index contributed by atoms with van der Waals surface area (Å²) in [6, 6.07) is 2.56. The summed E-state index contributed by atoms with van der Waals surface area (Å²) in [4.78, 5) is 24.6. The number of alkyl halides is 3. The van der Waals surface area contributed by atoms with Crippen molar-refractivity contribution < 1.29 is 37.0 Å². The molecule has 4 rings (SSSR count). The molecule has 2 amide bonds. The van der Waals surface area contributed by atoms with E-state index in [1.54, 1.807) is 6.07 Å². The van der Waals surface area contributed by atoms with Crippen LogP contribution in [0.3, 0.4) is 0 Å². The van der Waals surface area contributed by atoms with Crippen LogP contribution >= 0.6 is 0 Å². The molecule has 11 nitrogen and oxygen atoms in total. The van der Waals surface area contributed by atoms with E-state index in [9.17, 15) is 22.8 Å². The Morgan fingerprint density at radius 2 is 2.09 bits per heavy atom. The van der Waals surface area contributed by atoms with Crippen molar-refractivity contribution in [1.29, 1.82) is 0 Å². The fourth-order valence-corrected chi connectivity index (χ4v) is 3.64. The van der Waals surface area contributed by atoms with Crippen LogP contribution in [0.1, 0.15) is 60.3 Å². The molecule has 1 saturated carbocycles. The number of rotatable bonds is 7. The van der Waals surface area contributed by atoms with Gasteiger partial charge in [-0.2, -0.15) is 23.4 Å². The Bertz CT molecular complexity index is 1060. The summed E-state index contributed by atoms with van der Waals surface area (Å²) in [7, 11) is 2.27. The number of carbonyl (C=O) groups excluding carboxylic acids is 2. The van der Waals surface area contributed by atoms with Gasteiger partial charge >= 0.3 is 12.3 Å². The Hall–Kier alpha value is -3.13. The summed E-state index contributed by atoms with van der Waals surface area (Å²) in [5.74, 6) is -0.552. The van der Waals surface area contributed by atoms with Crippen LogP contribution in [0.25, 0.3) is 0 Å². The third kappa shape index (κ3) is 5.33. The van der Waals surface area contributed by atoms with Gasteiger partial charge in [-0.05, 0) is 25.8 Å². The second-order valence-corrected chi connectivity index (χ2v) is 8.67. The first kappa shape index (κ1) is 24.0. The molecule has 2 aliphatic rings. The number of carbonyl (C=O) groups is 2. The zero-order chi connectivity index (χ0) is 24.7. The van der Waals surface area contributed by atoms with Crippen molar-refractivity contribution in [2.24, 2.45) is 7.05 Å². The summed E-state index contributed by atoms with van der Waals surface area (Å²) in [6.45, 7) is 2.16. The van der Waals surface area contributed by atoms with E-state index in [0.29, 0.717) is 12.1 Å². The normalized spacial score (nSPS) is 22.3. The number of amides is 2. The first-order chi connectivity index (χ1) is 16.0. The molecule has 0 aromatic carbocycles. The molecule has 2 aromatic rings. The minimum absolute atomic E-state index is 0.105. The lowest BCUT2D eigenvalue weighted by Gasteiger charge is -2.15. The first-order valence-electron chi connectivity index (χ1n) is 10.6. The molecule has 34 heavy (non-hydrogen) atoms. The quantitative estimate of drug-likeness (QED) is 0.548. The molecule has 0 spiro atoms. The highest BCUT2D eigenvalue weighted by atomic mass is 19.4. The largest absolute Gasteiger partial charge is 0.444 e. The molecule has 1 aliphatic heterocycles. The standard InChI is InChI=1S/C20H25F3N6O5/c1-19(4-5-19)25-18(31)34-10-6-14(33-9-10)11-8-15(27-26-11)24-17(30)13-7-12(28-29(13)2)16(32-3)20(21,22)23/h7-8,10,14,16H,4-6,9H2,1-3H3,(H,25,31)(H2,24,26,27,30)/t10-,14-,16?/m1/s1. The Labute approximate surface area is 192 Å². The summed E-state index contributed by atoms with van der Waals surface area (Å²) in [6.07, 6.45) is -6.01. The molecule has 14 heteroatoms. The number of aryl methyl sites for hydroxylation is 1. The highest BCUT2D eigenvalue weighted by Crippen LogP contribution is 2.36. The maximum absolute atomic E-state index is 13.1. The molecular formula is C20H25F3N6O5. The van der Waals surface area contributed by atoms with Crippen molar-refractivity contribution >= 4 is 17.8 Å². The van der Waals surface area contributed by atoms with Crippen molar-refractivity contribution in [2.45, 2.75) is 56.2 Å². The Morgan fingerprint density at radius 1 is 1.35 bits per heavy atom. The number of hydrogen-bond acceptors (Lipinski definition) is 7. The van der Waals surface area contributed by atoms with Gasteiger partial charge in [0.15, 0.2) is 11.9 Å². The number of ether oxygens (including phenoxy) is 3. The fraction of sp³-hybridized carbons (Fsp3) is 0.600. The number of hydrogen-bond donors (Lipinski definition) is 3. The Balaban J connectivity index is 1.34. The summed E-state index contributed by atoms with van der Waals surface area (Å²) >= 11 is 0. The first-order valence-corrected chi connectivity index (χ1v) is 10.6. The van der Waals surface area contributed by atoms with Crippen LogP contribution in [0.5, 0.6) is 0 Å². The number of aromatic amines is 1. The smallest absolute Gasteiger partial charge is 0.420 e. The highest BCUT2D eigenvalue weighted by molar-refractivity contribution is 6.02. The predicted octanol–water partition coefficient (Wildman–Crippen LogP) is 2.75. The van der Waals surface area contributed by atoms with Crippen LogP contribution in [0.4, 0.5) is 23.8 Å². The van der Waals surface area contributed by atoms with Gasteiger partial charge in [0, 0.05) is 32.2 Å². The van der Waals surface area contributed by atoms with Gasteiger partial charge in [-0.25, -0.2) is 4.79 Å². The molecule has 1 unspecified atom stereocenters. The zero-order valence-electron chi connectivity index (χ0n) is 18.7. The van der Waals surface area contributed by atoms with Gasteiger partial charge in [-0.15, -0.1) is 0 Å². The SMILES string of the molecule is COC(c1cc(C(=O)Nc2cc([C@H]3C[C@@H](OC(=O)NC4(C)CC4)CO3)[nH]n2)n(C)n1)C(F)(F)F. The maximum atomic E-state index is 13.1. The number of alkyl carbamates (subject to hydrolysis) is 1. The second-order valence-electron chi connectivity index (χ2n) is 8.67. The van der Waals surface area contributed by atoms with E-state index in [1.165, 1.54) is 7.05 Å². The van der Waals surface area contributed by atoms with E-state index >= 15 is 0 Å². The number of anilines is 1. The molecule has 186 valence electrons. The molecule has 1 aliphatic carbocycles. The molecule has 3 N–H and O–H groups in total. The van der Waals surface area contributed by atoms with Gasteiger partial charge in [0.05, 0.1) is 12.3 Å². The van der Waals surface area contributed by atoms with Crippen molar-refractivity contribution in [2.75, 3.05) is 19.0 Å². The predicted molar refractivity (Wildman–Crippen MR) is 110 cm³/mol. The third-order valence-electron chi connectivity index (χ3n) is 5.76. The molecule has 2 fully saturated rings. The van der Waals surface area contributed by atoms with E-state index in [1.807, 2.05) is 6.92 Å². The van der Waals surface area contributed by atoms with E-state index in [2.05, 4.69) is 30.7 Å². The minimum Gasteiger partial charge on any atom is -0.444 e. The van der Waals surface area contributed by atoms with Crippen LogP contribution in [0, 0.1) is 0 Å². The van der Waals surface area contributed by atoms with E-state index in [-0.39, 0.29) is 23.7 Å². The Kier molecular flexibility index (Phi) is 6.29. The minimum atomic E-state index is -4.67. The van der Waals surface area contributed by atoms with Crippen molar-refractivity contribution in [3.8, 4) is 0 Å². The second kappa shape index (κ2) is 8.91. The average Bonchev–Trinajstić information content (AvgIpc) is 3.12. The van der Waals surface area contributed by atoms with Crippen LogP contribution in [-0.2, 0) is 21.3 Å². The van der Waals surface area contributed by atoms with Gasteiger partial charge in [0.1, 0.15) is 23.6 Å². The number of nitrogens with zero attached hydrogens (tertiary/aromatic N) is 3. The molecule has 3 atom stereocenters. The lowest BCUT2D eigenvalue weighted by atomic mass is 10.1. The van der Waals surface area contributed by atoms with Crippen molar-refractivity contribution in [1.82, 2.24) is 25.3 Å². The van der Waals surface area contributed by atoms with Gasteiger partial charge in [0.2, 0.25) is 0 Å². The van der Waals surface area contributed by atoms with Crippen LogP contribution in [0.2, 0.25) is 0 Å². The third-order valence-corrected chi connectivity index (χ3v) is 5.76. The Morgan fingerprint density at radius 3 is 2.74 bits per heavy atom. The average molecular weight is 486 g/mol. The van der Waals surface area contributed by atoms with Gasteiger partial charge in [-0.1, -0.05) is 0 Å². The lowest BCUT2D eigenvalue weighted by molar-refractivity contribution is -0.217. The molecule has 2 aromatic heterocycles. The van der Waals surface area contributed by atoms with Crippen LogP contribution in [0.15, 0.2) is 12.1 Å². The summed E-state index contributed by atoms with van der Waals surface area (Å²) in [5.41, 5.74) is -0.168. The molecule has 3 heterocycles. The van der Waals surface area contributed by atoms with Crippen LogP contribution < -0.4 is 10.6 Å². The van der Waals surface area contributed by atoms with Crippen molar-refractivity contribution in [3.63, 3.8) is 0 Å². The number of halogens is 3. The molecular weight excluding hydrogens is 461 g/mol. The van der Waals surface area contributed by atoms with E-state index in [4.69, 9.17) is 9.47 Å². The summed E-state index contributed by atoms with van der Waals surface area (Å²) < 4.78 is 55.8. The van der Waals surface area contributed by atoms with Gasteiger partial charge in [-0.3, -0.25) is 14.6 Å². The maximum Gasteiger partial charge on any atom is 0.420 e. The molecule has 1 saturated heterocycles. The molecule has 0 bridgehead atoms. The lowest BCUT2D eigenvalue weighted by Crippen LogP contribution is -2.37. The summed E-state index contributed by atoms with van der Waals surface area (Å²) in [5, 5.41) is 15.8. The zero-order valence-corrected chi connectivity index (χ0v) is 18.7. The number of H-pyrrole nitrogens is 1. The number of nitrogens with one attached hydrogen (secondary N) is 3. The fourth-order valence-electron chi connectivity index (χ4n) is 3.64. The number of aromatic nitrogens is 4.